The van der Waals surface area contributed by atoms with E-state index in [-0.39, 0.29) is 10.8 Å². The van der Waals surface area contributed by atoms with Crippen molar-refractivity contribution in [1.29, 1.82) is 0 Å². The minimum Gasteiger partial charge on any atom is -0.236 e. The number of hydrogen-bond acceptors (Lipinski definition) is 2. The molecule has 0 fully saturated rings. The smallest absolute Gasteiger partial charge is 0.124 e. The third kappa shape index (κ3) is 3.12. The van der Waals surface area contributed by atoms with Gasteiger partial charge in [0.05, 0.1) is 10.2 Å². The second kappa shape index (κ2) is 6.41. The molecule has 1 nitrogen and oxygen atoms in total. The van der Waals surface area contributed by atoms with Crippen molar-refractivity contribution >= 4 is 38.7 Å². The van der Waals surface area contributed by atoms with E-state index in [4.69, 9.17) is 16.6 Å². The second-order valence-corrected chi connectivity index (χ2v) is 8.71. The van der Waals surface area contributed by atoms with Gasteiger partial charge in [-0.05, 0) is 48.8 Å². The predicted molar refractivity (Wildman–Crippen MR) is 103 cm³/mol. The molecule has 122 valence electrons. The van der Waals surface area contributed by atoms with Crippen molar-refractivity contribution in [2.45, 2.75) is 45.9 Å². The number of thiazole rings is 1. The highest BCUT2D eigenvalue weighted by Gasteiger charge is 2.35. The molecule has 3 heteroatoms. The summed E-state index contributed by atoms with van der Waals surface area (Å²) in [5, 5.41) is 1.28. The summed E-state index contributed by atoms with van der Waals surface area (Å²) in [7, 11) is 0. The molecule has 0 spiro atoms. The topological polar surface area (TPSA) is 12.9 Å². The van der Waals surface area contributed by atoms with Gasteiger partial charge in [0.15, 0.2) is 0 Å². The first-order chi connectivity index (χ1) is 10.9. The van der Waals surface area contributed by atoms with Gasteiger partial charge in [-0.25, -0.2) is 4.98 Å². The average molecular weight is 346 g/mol. The summed E-state index contributed by atoms with van der Waals surface area (Å²) in [4.78, 5) is 4.88. The zero-order chi connectivity index (χ0) is 16.6. The molecular weight excluding hydrogens is 322 g/mol. The maximum absolute atomic E-state index is 6.43. The molecule has 0 unspecified atom stereocenters. The van der Waals surface area contributed by atoms with Gasteiger partial charge in [0.2, 0.25) is 0 Å². The third-order valence-electron chi connectivity index (χ3n) is 5.20. The van der Waals surface area contributed by atoms with Crippen LogP contribution in [-0.2, 0) is 0 Å². The van der Waals surface area contributed by atoms with Crippen LogP contribution in [0.1, 0.15) is 45.5 Å². The zero-order valence-corrected chi connectivity index (χ0v) is 15.8. The Balaban J connectivity index is 2.03. The van der Waals surface area contributed by atoms with Crippen molar-refractivity contribution in [2.24, 2.45) is 11.3 Å². The summed E-state index contributed by atoms with van der Waals surface area (Å²) < 4.78 is 1.25. The number of para-hydroxylation sites is 1. The molecular formula is C20H24ClNS. The van der Waals surface area contributed by atoms with Gasteiger partial charge in [-0.3, -0.25) is 0 Å². The molecule has 0 radical (unpaired) electrons. The molecule has 0 saturated carbocycles. The lowest BCUT2D eigenvalue weighted by Gasteiger charge is -2.38. The van der Waals surface area contributed by atoms with E-state index in [0.717, 1.165) is 23.4 Å². The van der Waals surface area contributed by atoms with Crippen LogP contribution in [0, 0.1) is 11.3 Å². The molecule has 0 N–H and O–H groups in total. The van der Waals surface area contributed by atoms with Crippen LogP contribution in [0.25, 0.3) is 15.8 Å². The molecule has 0 bridgehead atoms. The predicted octanol–water partition coefficient (Wildman–Crippen LogP) is 6.69. The first-order valence-corrected chi connectivity index (χ1v) is 9.57. The van der Waals surface area contributed by atoms with E-state index >= 15 is 0 Å². The molecule has 1 aromatic carbocycles. The van der Waals surface area contributed by atoms with Crippen molar-refractivity contribution in [3.05, 3.63) is 47.0 Å². The third-order valence-corrected chi connectivity index (χ3v) is 6.65. The lowest BCUT2D eigenvalue weighted by molar-refractivity contribution is 0.290. The Bertz CT molecular complexity index is 734. The van der Waals surface area contributed by atoms with Crippen molar-refractivity contribution in [2.75, 3.05) is 0 Å². The fourth-order valence-electron chi connectivity index (χ4n) is 3.29. The molecule has 0 aliphatic heterocycles. The summed E-state index contributed by atoms with van der Waals surface area (Å²) in [6.07, 6.45) is 6.96. The summed E-state index contributed by atoms with van der Waals surface area (Å²) in [5.74, 6) is 0.395. The summed E-state index contributed by atoms with van der Waals surface area (Å²) in [6.45, 7) is 8.98. The van der Waals surface area contributed by atoms with E-state index in [2.05, 4.69) is 64.1 Å². The quantitative estimate of drug-likeness (QED) is 0.562. The van der Waals surface area contributed by atoms with Crippen LogP contribution in [0.5, 0.6) is 0 Å². The molecule has 2 aromatic rings. The maximum Gasteiger partial charge on any atom is 0.124 e. The fraction of sp³-hybridized carbons (Fsp3) is 0.450. The lowest BCUT2D eigenvalue weighted by atomic mass is 9.69. The van der Waals surface area contributed by atoms with Gasteiger partial charge in [-0.2, -0.15) is 0 Å². The Hall–Kier alpha value is -1.12. The SMILES string of the molecule is C[C@H](Cl)[C@H](C)C(C)(C)C1=CCCC=C1c1nc2ccccc2s1. The van der Waals surface area contributed by atoms with Crippen molar-refractivity contribution in [1.82, 2.24) is 4.98 Å². The van der Waals surface area contributed by atoms with E-state index in [1.165, 1.54) is 15.8 Å². The van der Waals surface area contributed by atoms with E-state index in [1.54, 1.807) is 11.3 Å². The number of rotatable bonds is 4. The highest BCUT2D eigenvalue weighted by molar-refractivity contribution is 7.19. The normalized spacial score (nSPS) is 18.5. The molecule has 23 heavy (non-hydrogen) atoms. The number of halogens is 1. The Kier molecular flexibility index (Phi) is 4.66. The molecule has 3 rings (SSSR count). The van der Waals surface area contributed by atoms with Gasteiger partial charge in [0.1, 0.15) is 5.01 Å². The van der Waals surface area contributed by atoms with E-state index in [0.29, 0.717) is 5.92 Å². The fourth-order valence-corrected chi connectivity index (χ4v) is 4.63. The van der Waals surface area contributed by atoms with Gasteiger partial charge in [0, 0.05) is 11.0 Å². The molecule has 2 atom stereocenters. The van der Waals surface area contributed by atoms with Crippen LogP contribution < -0.4 is 0 Å². The number of allylic oxidation sites excluding steroid dienone is 4. The maximum atomic E-state index is 6.43. The zero-order valence-electron chi connectivity index (χ0n) is 14.3. The minimum absolute atomic E-state index is 0.0330. The Morgan fingerprint density at radius 1 is 1.13 bits per heavy atom. The molecule has 0 amide bonds. The number of hydrogen-bond donors (Lipinski definition) is 0. The monoisotopic (exact) mass is 345 g/mol. The number of alkyl halides is 1. The summed E-state index contributed by atoms with van der Waals surface area (Å²) in [6, 6.07) is 8.38. The van der Waals surface area contributed by atoms with Gasteiger partial charge in [0.25, 0.3) is 0 Å². The molecule has 1 aliphatic carbocycles. The Morgan fingerprint density at radius 3 is 2.52 bits per heavy atom. The van der Waals surface area contributed by atoms with Gasteiger partial charge >= 0.3 is 0 Å². The molecule has 0 saturated heterocycles. The van der Waals surface area contributed by atoms with Crippen molar-refractivity contribution in [3.63, 3.8) is 0 Å². The van der Waals surface area contributed by atoms with Crippen LogP contribution in [0.15, 0.2) is 42.0 Å². The van der Waals surface area contributed by atoms with E-state index in [1.807, 2.05) is 0 Å². The van der Waals surface area contributed by atoms with Crippen molar-refractivity contribution < 1.29 is 0 Å². The van der Waals surface area contributed by atoms with E-state index in [9.17, 15) is 0 Å². The standard InChI is InChI=1S/C20H24ClNS/c1-13(14(2)21)20(3,4)16-10-6-5-9-15(16)19-22-17-11-7-8-12-18(17)23-19/h7-14H,5-6H2,1-4H3/t13-,14-/m0/s1. The van der Waals surface area contributed by atoms with E-state index < -0.39 is 0 Å². The van der Waals surface area contributed by atoms with Crippen molar-refractivity contribution in [3.8, 4) is 0 Å². The summed E-state index contributed by atoms with van der Waals surface area (Å²) >= 11 is 8.22. The number of aromatic nitrogens is 1. The summed E-state index contributed by atoms with van der Waals surface area (Å²) in [5.41, 5.74) is 3.84. The first-order valence-electron chi connectivity index (χ1n) is 8.32. The van der Waals surface area contributed by atoms with Gasteiger partial charge in [-0.1, -0.05) is 45.1 Å². The highest BCUT2D eigenvalue weighted by Crippen LogP contribution is 2.47. The molecule has 1 aliphatic rings. The number of benzene rings is 1. The second-order valence-electron chi connectivity index (χ2n) is 6.99. The van der Waals surface area contributed by atoms with Crippen LogP contribution >= 0.6 is 22.9 Å². The molecule has 1 heterocycles. The number of nitrogens with zero attached hydrogens (tertiary/aromatic N) is 1. The first kappa shape index (κ1) is 16.7. The van der Waals surface area contributed by atoms with Gasteiger partial charge < -0.3 is 0 Å². The van der Waals surface area contributed by atoms with Crippen LogP contribution in [-0.4, -0.2) is 10.4 Å². The lowest BCUT2D eigenvalue weighted by Crippen LogP contribution is -2.30. The largest absolute Gasteiger partial charge is 0.236 e. The average Bonchev–Trinajstić information content (AvgIpc) is 2.98. The van der Waals surface area contributed by atoms with Crippen LogP contribution in [0.2, 0.25) is 0 Å². The van der Waals surface area contributed by atoms with Crippen LogP contribution in [0.4, 0.5) is 0 Å². The Morgan fingerprint density at radius 2 is 1.83 bits per heavy atom. The van der Waals surface area contributed by atoms with Gasteiger partial charge in [-0.15, -0.1) is 22.9 Å². The van der Waals surface area contributed by atoms with Crippen LogP contribution in [0.3, 0.4) is 0 Å². The highest BCUT2D eigenvalue weighted by atomic mass is 35.5. The number of fused-ring (bicyclic) bond motifs is 1. The molecule has 1 aromatic heterocycles. The minimum atomic E-state index is 0.0330. The Labute approximate surface area is 148 Å².